The Balaban J connectivity index is 2.96. The molecule has 0 bridgehead atoms. The molecule has 1 rings (SSSR count). The van der Waals surface area contributed by atoms with E-state index in [-0.39, 0.29) is 10.7 Å². The lowest BCUT2D eigenvalue weighted by atomic mass is 10.1. The van der Waals surface area contributed by atoms with Crippen LogP contribution in [0, 0.1) is 12.8 Å². The first kappa shape index (κ1) is 14.2. The molecule has 1 aromatic carbocycles. The summed E-state index contributed by atoms with van der Waals surface area (Å²) in [6, 6.07) is 8.05. The number of carbonyl (C=O) groups is 1. The fourth-order valence-corrected chi connectivity index (χ4v) is 1.94. The molecular formula is C14H20BrNO. The van der Waals surface area contributed by atoms with Crippen molar-refractivity contribution in [1.29, 1.82) is 0 Å². The van der Waals surface area contributed by atoms with Crippen LogP contribution in [0.25, 0.3) is 0 Å². The smallest absolute Gasteiger partial charge is 0.241 e. The summed E-state index contributed by atoms with van der Waals surface area (Å²) >= 11 is 3.47. The van der Waals surface area contributed by atoms with Crippen LogP contribution < -0.4 is 4.90 Å². The number of hydrogen-bond acceptors (Lipinski definition) is 1. The molecule has 0 heterocycles. The number of halogens is 1. The van der Waals surface area contributed by atoms with Crippen LogP contribution in [0.1, 0.15) is 26.3 Å². The molecule has 0 aliphatic carbocycles. The molecule has 0 radical (unpaired) electrons. The number of hydrogen-bond donors (Lipinski definition) is 0. The molecule has 1 unspecified atom stereocenters. The van der Waals surface area contributed by atoms with Gasteiger partial charge in [0.15, 0.2) is 0 Å². The molecule has 0 fully saturated rings. The maximum Gasteiger partial charge on any atom is 0.241 e. The van der Waals surface area contributed by atoms with E-state index in [9.17, 15) is 4.79 Å². The minimum absolute atomic E-state index is 0.122. The van der Waals surface area contributed by atoms with Gasteiger partial charge in [0.05, 0.1) is 4.83 Å². The Morgan fingerprint density at radius 3 is 2.53 bits per heavy atom. The van der Waals surface area contributed by atoms with E-state index in [1.54, 1.807) is 0 Å². The van der Waals surface area contributed by atoms with Crippen LogP contribution in [0.4, 0.5) is 5.69 Å². The second-order valence-corrected chi connectivity index (χ2v) is 5.55. The zero-order valence-electron chi connectivity index (χ0n) is 10.9. The molecule has 0 spiro atoms. The highest BCUT2D eigenvalue weighted by Gasteiger charge is 2.24. The third-order valence-corrected chi connectivity index (χ3v) is 4.17. The summed E-state index contributed by atoms with van der Waals surface area (Å²) in [4.78, 5) is 14.0. The number of amides is 1. The molecule has 1 amide bonds. The van der Waals surface area contributed by atoms with Gasteiger partial charge in [-0.25, -0.2) is 0 Å². The molecule has 0 aromatic heterocycles. The van der Waals surface area contributed by atoms with E-state index in [1.165, 1.54) is 5.56 Å². The Bertz CT molecular complexity index is 390. The van der Waals surface area contributed by atoms with Crippen LogP contribution in [-0.2, 0) is 4.79 Å². The van der Waals surface area contributed by atoms with Crippen molar-refractivity contribution >= 4 is 27.5 Å². The normalized spacial score (nSPS) is 12.6. The van der Waals surface area contributed by atoms with Gasteiger partial charge in [-0.05, 0) is 37.5 Å². The van der Waals surface area contributed by atoms with E-state index in [1.807, 2.05) is 56.9 Å². The summed E-state index contributed by atoms with van der Waals surface area (Å²) in [6.45, 7) is 8.82. The third-order valence-electron chi connectivity index (χ3n) is 2.72. The van der Waals surface area contributed by atoms with Gasteiger partial charge in [0.25, 0.3) is 0 Å². The number of benzene rings is 1. The Morgan fingerprint density at radius 1 is 1.41 bits per heavy atom. The molecular weight excluding hydrogens is 278 g/mol. The summed E-state index contributed by atoms with van der Waals surface area (Å²) in [5, 5.41) is 0. The molecule has 94 valence electrons. The minimum atomic E-state index is -0.122. The van der Waals surface area contributed by atoms with E-state index in [2.05, 4.69) is 15.9 Å². The first-order chi connectivity index (χ1) is 7.97. The fraction of sp³-hybridized carbons (Fsp3) is 0.500. The monoisotopic (exact) mass is 297 g/mol. The highest BCUT2D eigenvalue weighted by molar-refractivity contribution is 9.10. The van der Waals surface area contributed by atoms with Crippen LogP contribution in [0.5, 0.6) is 0 Å². The SMILES string of the molecule is CCN(C(=O)C(Br)C(C)C)c1cccc(C)c1. The van der Waals surface area contributed by atoms with Gasteiger partial charge >= 0.3 is 0 Å². The first-order valence-electron chi connectivity index (χ1n) is 5.99. The quantitative estimate of drug-likeness (QED) is 0.775. The number of anilines is 1. The molecule has 1 aromatic rings. The molecule has 0 N–H and O–H groups in total. The predicted octanol–water partition coefficient (Wildman–Crippen LogP) is 3.77. The van der Waals surface area contributed by atoms with Crippen molar-refractivity contribution < 1.29 is 4.79 Å². The maximum atomic E-state index is 12.3. The lowest BCUT2D eigenvalue weighted by molar-refractivity contribution is -0.118. The average Bonchev–Trinajstić information content (AvgIpc) is 2.28. The van der Waals surface area contributed by atoms with Crippen LogP contribution >= 0.6 is 15.9 Å². The van der Waals surface area contributed by atoms with Crippen molar-refractivity contribution in [1.82, 2.24) is 0 Å². The molecule has 0 saturated heterocycles. The van der Waals surface area contributed by atoms with E-state index in [0.29, 0.717) is 12.5 Å². The zero-order valence-corrected chi connectivity index (χ0v) is 12.5. The van der Waals surface area contributed by atoms with Crippen LogP contribution in [0.2, 0.25) is 0 Å². The lowest BCUT2D eigenvalue weighted by Crippen LogP contribution is -2.38. The maximum absolute atomic E-state index is 12.3. The number of alkyl halides is 1. The summed E-state index contributed by atoms with van der Waals surface area (Å²) < 4.78 is 0. The molecule has 3 heteroatoms. The van der Waals surface area contributed by atoms with Crippen molar-refractivity contribution in [2.24, 2.45) is 5.92 Å². The van der Waals surface area contributed by atoms with E-state index in [4.69, 9.17) is 0 Å². The minimum Gasteiger partial charge on any atom is -0.312 e. The Kier molecular flexibility index (Phi) is 5.19. The van der Waals surface area contributed by atoms with Crippen molar-refractivity contribution in [3.05, 3.63) is 29.8 Å². The summed E-state index contributed by atoms with van der Waals surface area (Å²) in [5.41, 5.74) is 2.15. The van der Waals surface area contributed by atoms with Crippen LogP contribution in [-0.4, -0.2) is 17.3 Å². The number of nitrogens with zero attached hydrogens (tertiary/aromatic N) is 1. The van der Waals surface area contributed by atoms with Gasteiger partial charge in [-0.2, -0.15) is 0 Å². The van der Waals surface area contributed by atoms with Crippen molar-refractivity contribution in [3.8, 4) is 0 Å². The Morgan fingerprint density at radius 2 is 2.06 bits per heavy atom. The second-order valence-electron chi connectivity index (χ2n) is 4.57. The van der Waals surface area contributed by atoms with E-state index in [0.717, 1.165) is 5.69 Å². The Labute approximate surface area is 112 Å². The topological polar surface area (TPSA) is 20.3 Å². The van der Waals surface area contributed by atoms with Crippen molar-refractivity contribution in [3.63, 3.8) is 0 Å². The molecule has 2 nitrogen and oxygen atoms in total. The lowest BCUT2D eigenvalue weighted by Gasteiger charge is -2.25. The van der Waals surface area contributed by atoms with E-state index < -0.39 is 0 Å². The standard InChI is InChI=1S/C14H20BrNO/c1-5-16(14(17)13(15)10(2)3)12-8-6-7-11(4)9-12/h6-10,13H,5H2,1-4H3. The van der Waals surface area contributed by atoms with E-state index >= 15 is 0 Å². The van der Waals surface area contributed by atoms with Gasteiger partial charge in [-0.1, -0.05) is 41.9 Å². The van der Waals surface area contributed by atoms with Gasteiger partial charge in [-0.3, -0.25) is 4.79 Å². The summed E-state index contributed by atoms with van der Waals surface area (Å²) in [5.74, 6) is 0.425. The average molecular weight is 298 g/mol. The largest absolute Gasteiger partial charge is 0.312 e. The highest BCUT2D eigenvalue weighted by atomic mass is 79.9. The number of carbonyl (C=O) groups excluding carboxylic acids is 1. The number of rotatable bonds is 4. The summed E-state index contributed by atoms with van der Waals surface area (Å²) in [7, 11) is 0. The van der Waals surface area contributed by atoms with Gasteiger partial charge in [0.1, 0.15) is 0 Å². The molecule has 0 aliphatic heterocycles. The summed E-state index contributed by atoms with van der Waals surface area (Å²) in [6.07, 6.45) is 0. The fourth-order valence-electron chi connectivity index (χ4n) is 1.70. The van der Waals surface area contributed by atoms with Crippen molar-refractivity contribution in [2.45, 2.75) is 32.5 Å². The molecule has 0 saturated carbocycles. The number of aryl methyl sites for hydroxylation is 1. The first-order valence-corrected chi connectivity index (χ1v) is 6.91. The van der Waals surface area contributed by atoms with Crippen LogP contribution in [0.15, 0.2) is 24.3 Å². The van der Waals surface area contributed by atoms with Gasteiger partial charge in [-0.15, -0.1) is 0 Å². The van der Waals surface area contributed by atoms with Crippen molar-refractivity contribution in [2.75, 3.05) is 11.4 Å². The second kappa shape index (κ2) is 6.20. The molecule has 17 heavy (non-hydrogen) atoms. The third kappa shape index (κ3) is 3.56. The molecule has 0 aliphatic rings. The highest BCUT2D eigenvalue weighted by Crippen LogP contribution is 2.21. The van der Waals surface area contributed by atoms with Crippen LogP contribution in [0.3, 0.4) is 0 Å². The molecule has 1 atom stereocenters. The van der Waals surface area contributed by atoms with Gasteiger partial charge in [0.2, 0.25) is 5.91 Å². The van der Waals surface area contributed by atoms with Gasteiger partial charge < -0.3 is 4.90 Å². The predicted molar refractivity (Wildman–Crippen MR) is 76.8 cm³/mol. The Hall–Kier alpha value is -0.830. The zero-order chi connectivity index (χ0) is 13.0. The van der Waals surface area contributed by atoms with Gasteiger partial charge in [0, 0.05) is 12.2 Å².